The molecular weight excluding hydrogens is 272 g/mol. The second-order valence-electron chi connectivity index (χ2n) is 4.41. The van der Waals surface area contributed by atoms with Gasteiger partial charge in [-0.3, -0.25) is 0 Å². The third-order valence-corrected chi connectivity index (χ3v) is 2.77. The van der Waals surface area contributed by atoms with E-state index in [2.05, 4.69) is 5.32 Å². The maximum Gasteiger partial charge on any atom is 0.416 e. The van der Waals surface area contributed by atoms with Gasteiger partial charge in [-0.15, -0.1) is 0 Å². The molecule has 106 valence electrons. The van der Waals surface area contributed by atoms with Crippen LogP contribution in [0.3, 0.4) is 0 Å². The highest BCUT2D eigenvalue weighted by atomic mass is 19.4. The van der Waals surface area contributed by atoms with Crippen LogP contribution in [0.4, 0.5) is 34.6 Å². The zero-order chi connectivity index (χ0) is 14.9. The highest BCUT2D eigenvalue weighted by Crippen LogP contribution is 2.34. The van der Waals surface area contributed by atoms with E-state index in [0.29, 0.717) is 0 Å². The van der Waals surface area contributed by atoms with Gasteiger partial charge in [-0.25, -0.2) is 4.39 Å². The lowest BCUT2D eigenvalue weighted by Gasteiger charge is -2.13. The molecule has 2 aromatic rings. The Morgan fingerprint density at radius 1 is 1.00 bits per heavy atom. The van der Waals surface area contributed by atoms with Gasteiger partial charge in [-0.05, 0) is 42.8 Å². The van der Waals surface area contributed by atoms with Gasteiger partial charge in [0.2, 0.25) is 0 Å². The van der Waals surface area contributed by atoms with Crippen LogP contribution in [0.1, 0.15) is 11.1 Å². The average Bonchev–Trinajstić information content (AvgIpc) is 2.33. The van der Waals surface area contributed by atoms with E-state index in [1.165, 1.54) is 18.2 Å². The monoisotopic (exact) mass is 284 g/mol. The van der Waals surface area contributed by atoms with E-state index >= 15 is 0 Å². The molecule has 20 heavy (non-hydrogen) atoms. The quantitative estimate of drug-likeness (QED) is 0.630. The second-order valence-corrected chi connectivity index (χ2v) is 4.41. The summed E-state index contributed by atoms with van der Waals surface area (Å²) >= 11 is 0. The molecule has 0 saturated carbocycles. The van der Waals surface area contributed by atoms with Gasteiger partial charge in [0.15, 0.2) is 0 Å². The Bertz CT molecular complexity index is 636. The van der Waals surface area contributed by atoms with Crippen LogP contribution in [-0.2, 0) is 6.18 Å². The van der Waals surface area contributed by atoms with E-state index in [1.807, 2.05) is 0 Å². The van der Waals surface area contributed by atoms with Crippen molar-refractivity contribution in [2.75, 3.05) is 11.1 Å². The zero-order valence-electron chi connectivity index (χ0n) is 10.6. The predicted octanol–water partition coefficient (Wildman–Crippen LogP) is 4.48. The lowest BCUT2D eigenvalue weighted by Crippen LogP contribution is -2.07. The summed E-state index contributed by atoms with van der Waals surface area (Å²) < 4.78 is 51.2. The Hall–Kier alpha value is -2.24. The predicted molar refractivity (Wildman–Crippen MR) is 70.3 cm³/mol. The Balaban J connectivity index is 2.30. The number of aryl methyl sites for hydroxylation is 1. The molecule has 0 unspecified atom stereocenters. The molecule has 0 radical (unpaired) electrons. The number of rotatable bonds is 2. The fourth-order valence-electron chi connectivity index (χ4n) is 1.72. The van der Waals surface area contributed by atoms with E-state index in [9.17, 15) is 17.6 Å². The van der Waals surface area contributed by atoms with E-state index < -0.39 is 17.6 Å². The van der Waals surface area contributed by atoms with Crippen LogP contribution in [0.5, 0.6) is 0 Å². The Labute approximate surface area is 113 Å². The lowest BCUT2D eigenvalue weighted by atomic mass is 10.1. The van der Waals surface area contributed by atoms with Crippen molar-refractivity contribution in [3.8, 4) is 0 Å². The van der Waals surface area contributed by atoms with Crippen molar-refractivity contribution in [2.24, 2.45) is 0 Å². The maximum atomic E-state index is 13.7. The molecule has 0 aliphatic carbocycles. The number of benzene rings is 2. The molecule has 0 fully saturated rings. The molecule has 0 bridgehead atoms. The maximum absolute atomic E-state index is 13.7. The summed E-state index contributed by atoms with van der Waals surface area (Å²) in [5.41, 5.74) is 5.74. The van der Waals surface area contributed by atoms with Gasteiger partial charge in [0.05, 0.1) is 22.6 Å². The molecule has 0 heterocycles. The average molecular weight is 284 g/mol. The molecule has 2 rings (SSSR count). The molecule has 0 saturated heterocycles. The molecule has 6 heteroatoms. The minimum Gasteiger partial charge on any atom is -0.397 e. The van der Waals surface area contributed by atoms with E-state index in [1.54, 1.807) is 13.0 Å². The molecule has 0 aliphatic heterocycles. The smallest absolute Gasteiger partial charge is 0.397 e. The number of alkyl halides is 3. The molecule has 0 aromatic heterocycles. The molecule has 0 spiro atoms. The van der Waals surface area contributed by atoms with Crippen molar-refractivity contribution >= 4 is 17.1 Å². The zero-order valence-corrected chi connectivity index (χ0v) is 10.6. The van der Waals surface area contributed by atoms with Gasteiger partial charge >= 0.3 is 6.18 Å². The largest absolute Gasteiger partial charge is 0.416 e. The Kier molecular flexibility index (Phi) is 3.57. The van der Waals surface area contributed by atoms with Gasteiger partial charge in [0.1, 0.15) is 5.82 Å². The van der Waals surface area contributed by atoms with Crippen molar-refractivity contribution in [3.05, 3.63) is 53.3 Å². The van der Waals surface area contributed by atoms with Gasteiger partial charge < -0.3 is 11.1 Å². The van der Waals surface area contributed by atoms with Crippen LogP contribution >= 0.6 is 0 Å². The first-order chi connectivity index (χ1) is 9.27. The van der Waals surface area contributed by atoms with Crippen LogP contribution in [-0.4, -0.2) is 0 Å². The molecule has 0 amide bonds. The number of halogens is 4. The SMILES string of the molecule is Cc1ccc(Nc2ccc(C(F)(F)F)cc2N)c(F)c1. The third-order valence-electron chi connectivity index (χ3n) is 2.77. The van der Waals surface area contributed by atoms with E-state index in [0.717, 1.165) is 17.7 Å². The summed E-state index contributed by atoms with van der Waals surface area (Å²) in [6.45, 7) is 1.74. The van der Waals surface area contributed by atoms with Crippen LogP contribution in [0.2, 0.25) is 0 Å². The first-order valence-corrected chi connectivity index (χ1v) is 5.77. The minimum atomic E-state index is -4.46. The summed E-state index contributed by atoms with van der Waals surface area (Å²) in [4.78, 5) is 0. The first-order valence-electron chi connectivity index (χ1n) is 5.77. The molecule has 2 aromatic carbocycles. The number of nitrogens with two attached hydrogens (primary N) is 1. The van der Waals surface area contributed by atoms with Gasteiger partial charge in [-0.1, -0.05) is 6.07 Å². The minimum absolute atomic E-state index is 0.0974. The van der Waals surface area contributed by atoms with Gasteiger partial charge in [-0.2, -0.15) is 13.2 Å². The van der Waals surface area contributed by atoms with Crippen molar-refractivity contribution in [2.45, 2.75) is 13.1 Å². The fraction of sp³-hybridized carbons (Fsp3) is 0.143. The van der Waals surface area contributed by atoms with Crippen molar-refractivity contribution in [1.82, 2.24) is 0 Å². The van der Waals surface area contributed by atoms with Crippen LogP contribution in [0.15, 0.2) is 36.4 Å². The number of hydrogen-bond acceptors (Lipinski definition) is 2. The highest BCUT2D eigenvalue weighted by molar-refractivity contribution is 5.73. The standard InChI is InChI=1S/C14H12F4N2/c1-8-2-4-12(10(15)6-8)20-13-5-3-9(7-11(13)19)14(16,17)18/h2-7,20H,19H2,1H3. The Morgan fingerprint density at radius 2 is 1.65 bits per heavy atom. The van der Waals surface area contributed by atoms with E-state index in [-0.39, 0.29) is 17.1 Å². The summed E-state index contributed by atoms with van der Waals surface area (Å²) in [6.07, 6.45) is -4.46. The third kappa shape index (κ3) is 3.01. The first kappa shape index (κ1) is 14.2. The van der Waals surface area contributed by atoms with Crippen LogP contribution in [0.25, 0.3) is 0 Å². The number of nitrogen functional groups attached to an aromatic ring is 1. The topological polar surface area (TPSA) is 38.0 Å². The molecular formula is C14H12F4N2. The summed E-state index contributed by atoms with van der Waals surface area (Å²) in [7, 11) is 0. The van der Waals surface area contributed by atoms with Gasteiger partial charge in [0.25, 0.3) is 0 Å². The fourth-order valence-corrected chi connectivity index (χ4v) is 1.72. The van der Waals surface area contributed by atoms with Crippen molar-refractivity contribution < 1.29 is 17.6 Å². The Morgan fingerprint density at radius 3 is 2.20 bits per heavy atom. The number of hydrogen-bond donors (Lipinski definition) is 2. The molecule has 0 atom stereocenters. The van der Waals surface area contributed by atoms with E-state index in [4.69, 9.17) is 5.73 Å². The number of nitrogens with one attached hydrogen (secondary N) is 1. The normalized spacial score (nSPS) is 11.4. The van der Waals surface area contributed by atoms with Crippen molar-refractivity contribution in [3.63, 3.8) is 0 Å². The highest BCUT2D eigenvalue weighted by Gasteiger charge is 2.30. The molecule has 3 N–H and O–H groups in total. The van der Waals surface area contributed by atoms with Crippen LogP contribution < -0.4 is 11.1 Å². The van der Waals surface area contributed by atoms with Crippen molar-refractivity contribution in [1.29, 1.82) is 0 Å². The summed E-state index contributed by atoms with van der Waals surface area (Å²) in [5.74, 6) is -0.496. The molecule has 2 nitrogen and oxygen atoms in total. The van der Waals surface area contributed by atoms with Gasteiger partial charge in [0, 0.05) is 0 Å². The number of anilines is 3. The summed E-state index contributed by atoms with van der Waals surface area (Å²) in [6, 6.07) is 7.40. The van der Waals surface area contributed by atoms with Crippen LogP contribution in [0, 0.1) is 12.7 Å². The second kappa shape index (κ2) is 5.03. The summed E-state index contributed by atoms with van der Waals surface area (Å²) in [5, 5.41) is 2.68. The lowest BCUT2D eigenvalue weighted by molar-refractivity contribution is -0.137. The molecule has 0 aliphatic rings.